The number of thiophene rings is 1. The maximum absolute atomic E-state index is 13.5. The van der Waals surface area contributed by atoms with Gasteiger partial charge in [0.15, 0.2) is 5.16 Å². The maximum atomic E-state index is 13.5. The molecular weight excluding hydrogens is 459 g/mol. The second kappa shape index (κ2) is 10.8. The van der Waals surface area contributed by atoms with Crippen LogP contribution in [0, 0.1) is 5.82 Å². The predicted molar refractivity (Wildman–Crippen MR) is 134 cm³/mol. The molecule has 1 aromatic carbocycles. The zero-order valence-electron chi connectivity index (χ0n) is 19.0. The highest BCUT2D eigenvalue weighted by Crippen LogP contribution is 2.34. The Morgan fingerprint density at radius 2 is 2.00 bits per heavy atom. The van der Waals surface area contributed by atoms with Crippen LogP contribution in [0.2, 0.25) is 0 Å². The van der Waals surface area contributed by atoms with Crippen molar-refractivity contribution in [1.82, 2.24) is 14.5 Å². The van der Waals surface area contributed by atoms with Crippen molar-refractivity contribution in [2.75, 3.05) is 31.7 Å². The van der Waals surface area contributed by atoms with Crippen molar-refractivity contribution in [3.63, 3.8) is 0 Å². The van der Waals surface area contributed by atoms with E-state index in [0.29, 0.717) is 23.1 Å². The molecule has 0 saturated carbocycles. The van der Waals surface area contributed by atoms with Crippen molar-refractivity contribution in [2.45, 2.75) is 50.2 Å². The molecule has 1 aliphatic rings. The summed E-state index contributed by atoms with van der Waals surface area (Å²) in [5, 5.41) is 4.26. The van der Waals surface area contributed by atoms with Crippen LogP contribution in [0.1, 0.15) is 36.1 Å². The van der Waals surface area contributed by atoms with Gasteiger partial charge in [0.25, 0.3) is 5.56 Å². The summed E-state index contributed by atoms with van der Waals surface area (Å²) in [6.07, 6.45) is 5.41. The number of amides is 1. The molecule has 6 nitrogen and oxygen atoms in total. The lowest BCUT2D eigenvalue weighted by Gasteiger charge is -2.15. The molecular formula is C24H29FN4O2S2. The Morgan fingerprint density at radius 3 is 2.76 bits per heavy atom. The minimum absolute atomic E-state index is 0.0522. The van der Waals surface area contributed by atoms with Crippen molar-refractivity contribution < 1.29 is 9.18 Å². The Bertz CT molecular complexity index is 1190. The molecule has 0 aliphatic heterocycles. The zero-order valence-corrected chi connectivity index (χ0v) is 20.7. The van der Waals surface area contributed by atoms with Gasteiger partial charge in [0, 0.05) is 29.3 Å². The van der Waals surface area contributed by atoms with Gasteiger partial charge in [0.1, 0.15) is 10.6 Å². The number of rotatable bonds is 9. The van der Waals surface area contributed by atoms with E-state index in [1.54, 1.807) is 15.9 Å². The predicted octanol–water partition coefficient (Wildman–Crippen LogP) is 4.55. The fraction of sp³-hybridized carbons (Fsp3) is 0.458. The van der Waals surface area contributed by atoms with E-state index >= 15 is 0 Å². The van der Waals surface area contributed by atoms with Gasteiger partial charge in [-0.3, -0.25) is 14.2 Å². The SMILES string of the molecule is CN(C)CCCn1c(SCCC(=O)Nc2ccc(F)cc2)nc2sc3c(c2c1=O)CCCC3. The van der Waals surface area contributed by atoms with Crippen molar-refractivity contribution in [1.29, 1.82) is 0 Å². The molecule has 0 spiro atoms. The van der Waals surface area contributed by atoms with Crippen molar-refractivity contribution in [3.8, 4) is 0 Å². The number of carbonyl (C=O) groups is 1. The average molecular weight is 489 g/mol. The van der Waals surface area contributed by atoms with Crippen LogP contribution in [0.25, 0.3) is 10.2 Å². The smallest absolute Gasteiger partial charge is 0.263 e. The quantitative estimate of drug-likeness (QED) is 0.354. The van der Waals surface area contributed by atoms with E-state index in [0.717, 1.165) is 42.4 Å². The number of nitrogens with one attached hydrogen (secondary N) is 1. The minimum Gasteiger partial charge on any atom is -0.326 e. The molecule has 176 valence electrons. The molecule has 1 N–H and O–H groups in total. The number of benzene rings is 1. The number of anilines is 1. The summed E-state index contributed by atoms with van der Waals surface area (Å²) in [5.41, 5.74) is 1.82. The Hall–Kier alpha value is -2.23. The molecule has 1 amide bonds. The van der Waals surface area contributed by atoms with Crippen LogP contribution in [0.4, 0.5) is 10.1 Å². The number of hydrogen-bond donors (Lipinski definition) is 1. The van der Waals surface area contributed by atoms with Gasteiger partial charge in [-0.1, -0.05) is 11.8 Å². The number of fused-ring (bicyclic) bond motifs is 3. The summed E-state index contributed by atoms with van der Waals surface area (Å²) < 4.78 is 14.9. The summed E-state index contributed by atoms with van der Waals surface area (Å²) in [5.74, 6) is 0.0137. The molecule has 1 aliphatic carbocycles. The van der Waals surface area contributed by atoms with Gasteiger partial charge in [-0.15, -0.1) is 11.3 Å². The molecule has 4 rings (SSSR count). The number of hydrogen-bond acceptors (Lipinski definition) is 6. The first-order valence-corrected chi connectivity index (χ1v) is 13.1. The number of aryl methyl sites for hydroxylation is 2. The number of carbonyl (C=O) groups excluding carboxylic acids is 1. The monoisotopic (exact) mass is 488 g/mol. The molecule has 33 heavy (non-hydrogen) atoms. The van der Waals surface area contributed by atoms with Crippen LogP contribution in [-0.2, 0) is 24.2 Å². The number of aromatic nitrogens is 2. The standard InChI is InChI=1S/C24H29FN4O2S2/c1-28(2)13-5-14-29-23(31)21-18-6-3-4-7-19(18)33-22(21)27-24(29)32-15-12-20(30)26-17-10-8-16(25)9-11-17/h8-11H,3-7,12-15H2,1-2H3,(H,26,30). The minimum atomic E-state index is -0.340. The number of nitrogens with zero attached hydrogens (tertiary/aromatic N) is 3. The van der Waals surface area contributed by atoms with Gasteiger partial charge < -0.3 is 10.2 Å². The average Bonchev–Trinajstić information content (AvgIpc) is 3.15. The molecule has 3 aromatic rings. The molecule has 2 heterocycles. The highest BCUT2D eigenvalue weighted by Gasteiger charge is 2.22. The summed E-state index contributed by atoms with van der Waals surface area (Å²) in [6, 6.07) is 5.71. The number of halogens is 1. The Morgan fingerprint density at radius 1 is 1.24 bits per heavy atom. The Kier molecular flexibility index (Phi) is 7.82. The van der Waals surface area contributed by atoms with Crippen LogP contribution in [-0.4, -0.2) is 46.8 Å². The van der Waals surface area contributed by atoms with Crippen LogP contribution >= 0.6 is 23.1 Å². The summed E-state index contributed by atoms with van der Waals surface area (Å²) >= 11 is 3.10. The fourth-order valence-electron chi connectivity index (χ4n) is 4.06. The highest BCUT2D eigenvalue weighted by molar-refractivity contribution is 7.99. The third-order valence-corrected chi connectivity index (χ3v) is 7.88. The van der Waals surface area contributed by atoms with Crippen LogP contribution in [0.3, 0.4) is 0 Å². The van der Waals surface area contributed by atoms with Crippen LogP contribution in [0.15, 0.2) is 34.2 Å². The topological polar surface area (TPSA) is 67.2 Å². The van der Waals surface area contributed by atoms with Gasteiger partial charge in [0.05, 0.1) is 5.39 Å². The molecule has 0 radical (unpaired) electrons. The lowest BCUT2D eigenvalue weighted by Crippen LogP contribution is -2.26. The first-order chi connectivity index (χ1) is 15.9. The van der Waals surface area contributed by atoms with E-state index in [4.69, 9.17) is 4.98 Å². The van der Waals surface area contributed by atoms with E-state index in [1.807, 2.05) is 14.1 Å². The molecule has 0 bridgehead atoms. The summed E-state index contributed by atoms with van der Waals surface area (Å²) in [6.45, 7) is 1.49. The highest BCUT2D eigenvalue weighted by atomic mass is 32.2. The summed E-state index contributed by atoms with van der Waals surface area (Å²) in [4.78, 5) is 35.0. The van der Waals surface area contributed by atoms with Gasteiger partial charge >= 0.3 is 0 Å². The summed E-state index contributed by atoms with van der Waals surface area (Å²) in [7, 11) is 4.05. The molecule has 2 aromatic heterocycles. The fourth-order valence-corrected chi connectivity index (χ4v) is 6.33. The normalized spacial score (nSPS) is 13.5. The Labute approximate surface area is 201 Å². The Balaban J connectivity index is 1.51. The van der Waals surface area contributed by atoms with Crippen molar-refractivity contribution in [3.05, 3.63) is 50.9 Å². The van der Waals surface area contributed by atoms with E-state index in [9.17, 15) is 14.0 Å². The van der Waals surface area contributed by atoms with Gasteiger partial charge in [0.2, 0.25) is 5.91 Å². The van der Waals surface area contributed by atoms with Crippen molar-refractivity contribution in [2.24, 2.45) is 0 Å². The van der Waals surface area contributed by atoms with Gasteiger partial charge in [-0.05, 0) is 82.6 Å². The van der Waals surface area contributed by atoms with Gasteiger partial charge in [-0.2, -0.15) is 0 Å². The third-order valence-electron chi connectivity index (χ3n) is 5.72. The van der Waals surface area contributed by atoms with E-state index in [2.05, 4.69) is 10.2 Å². The largest absolute Gasteiger partial charge is 0.326 e. The molecule has 0 saturated heterocycles. The van der Waals surface area contributed by atoms with E-state index < -0.39 is 0 Å². The first kappa shape index (κ1) is 23.9. The molecule has 0 unspecified atom stereocenters. The van der Waals surface area contributed by atoms with Crippen molar-refractivity contribution >= 4 is 44.9 Å². The lowest BCUT2D eigenvalue weighted by molar-refractivity contribution is -0.115. The molecule has 9 heteroatoms. The van der Waals surface area contributed by atoms with E-state index in [-0.39, 0.29) is 23.7 Å². The first-order valence-electron chi connectivity index (χ1n) is 11.3. The van der Waals surface area contributed by atoms with Gasteiger partial charge in [-0.25, -0.2) is 9.37 Å². The number of thioether (sulfide) groups is 1. The second-order valence-electron chi connectivity index (χ2n) is 8.55. The zero-order chi connectivity index (χ0) is 23.4. The van der Waals surface area contributed by atoms with Crippen LogP contribution in [0.5, 0.6) is 0 Å². The van der Waals surface area contributed by atoms with E-state index in [1.165, 1.54) is 52.9 Å². The third kappa shape index (κ3) is 5.83. The molecule has 0 atom stereocenters. The van der Waals surface area contributed by atoms with Crippen LogP contribution < -0.4 is 10.9 Å². The maximum Gasteiger partial charge on any atom is 0.263 e. The lowest BCUT2D eigenvalue weighted by atomic mass is 9.97. The molecule has 0 fully saturated rings. The second-order valence-corrected chi connectivity index (χ2v) is 10.7.